The Morgan fingerprint density at radius 2 is 2.03 bits per heavy atom. The zero-order chi connectivity index (χ0) is 24.2. The topological polar surface area (TPSA) is 69.9 Å². The fourth-order valence-electron chi connectivity index (χ4n) is 5.83. The Bertz CT molecular complexity index is 879. The second-order valence-electron chi connectivity index (χ2n) is 10.3. The van der Waals surface area contributed by atoms with Crippen molar-refractivity contribution >= 4 is 0 Å². The number of fused-ring (bicyclic) bond motifs is 1. The number of aliphatic hydroxyl groups excluding tert-OH is 2. The summed E-state index contributed by atoms with van der Waals surface area (Å²) < 4.78 is 6.10. The van der Waals surface area contributed by atoms with Crippen LogP contribution in [-0.4, -0.2) is 45.8 Å². The van der Waals surface area contributed by atoms with Crippen LogP contribution in [0.2, 0.25) is 0 Å². The van der Waals surface area contributed by atoms with Crippen molar-refractivity contribution in [3.05, 3.63) is 47.1 Å². The maximum absolute atomic E-state index is 10.3. The molecule has 0 aromatic carbocycles. The molecule has 4 nitrogen and oxygen atoms in total. The lowest BCUT2D eigenvalue weighted by Crippen LogP contribution is -2.34. The number of aliphatic hydroxyl groups is 3. The van der Waals surface area contributed by atoms with Crippen LogP contribution in [0.15, 0.2) is 47.1 Å². The highest BCUT2D eigenvalue weighted by Gasteiger charge is 2.46. The summed E-state index contributed by atoms with van der Waals surface area (Å²) in [6, 6.07) is 0. The van der Waals surface area contributed by atoms with Gasteiger partial charge in [-0.1, -0.05) is 63.0 Å². The Hall–Kier alpha value is -1.64. The summed E-state index contributed by atoms with van der Waals surface area (Å²) in [6.07, 6.45) is 12.0. The summed E-state index contributed by atoms with van der Waals surface area (Å²) in [4.78, 5) is 0. The summed E-state index contributed by atoms with van der Waals surface area (Å²) in [5.41, 5.74) is 3.66. The molecular weight excluding hydrogens is 412 g/mol. The van der Waals surface area contributed by atoms with E-state index >= 15 is 0 Å². The number of hydrogen-bond acceptors (Lipinski definition) is 4. The fourth-order valence-corrected chi connectivity index (χ4v) is 5.83. The third-order valence-electron chi connectivity index (χ3n) is 8.21. The first-order valence-corrected chi connectivity index (χ1v) is 12.6. The number of ether oxygens (including phenoxy) is 1. The van der Waals surface area contributed by atoms with Gasteiger partial charge in [-0.2, -0.15) is 0 Å². The van der Waals surface area contributed by atoms with E-state index in [0.29, 0.717) is 38.2 Å². The normalized spacial score (nSPS) is 33.5. The molecule has 0 bridgehead atoms. The number of hydrogen-bond donors (Lipinski definition) is 3. The van der Waals surface area contributed by atoms with E-state index in [1.54, 1.807) is 0 Å². The predicted octanol–water partition coefficient (Wildman–Crippen LogP) is 5.01. The van der Waals surface area contributed by atoms with Gasteiger partial charge in [0.05, 0.1) is 18.3 Å². The van der Waals surface area contributed by atoms with Crippen LogP contribution in [0.25, 0.3) is 0 Å². The van der Waals surface area contributed by atoms with E-state index in [0.717, 1.165) is 36.8 Å². The van der Waals surface area contributed by atoms with Gasteiger partial charge in [-0.3, -0.25) is 0 Å². The van der Waals surface area contributed by atoms with Crippen LogP contribution >= 0.6 is 0 Å². The van der Waals surface area contributed by atoms with Crippen LogP contribution in [0.5, 0.6) is 0 Å². The molecule has 1 unspecified atom stereocenters. The smallest absolute Gasteiger partial charge is 0.125 e. The lowest BCUT2D eigenvalue weighted by atomic mass is 9.63. The molecule has 3 N–H and O–H groups in total. The molecular formula is C29H42O4. The monoisotopic (exact) mass is 454 g/mol. The molecule has 0 saturated heterocycles. The molecule has 0 aliphatic heterocycles. The minimum absolute atomic E-state index is 0.00762. The van der Waals surface area contributed by atoms with Crippen LogP contribution in [0, 0.1) is 23.2 Å². The van der Waals surface area contributed by atoms with Gasteiger partial charge >= 0.3 is 0 Å². The number of rotatable bonds is 6. The lowest BCUT2D eigenvalue weighted by Gasteiger charge is -2.42. The maximum atomic E-state index is 10.3. The zero-order valence-electron chi connectivity index (χ0n) is 20.9. The SMILES string of the molecule is C=C1/C(=C\C=C2/CCC[C@]3(C)C([C@@H](C)OCC#CC(O)(CC)CC)=CCC23)C[C@@H](O)C[C@@H]1O. The summed E-state index contributed by atoms with van der Waals surface area (Å²) in [5, 5.41) is 30.5. The van der Waals surface area contributed by atoms with E-state index in [1.165, 1.54) is 11.1 Å². The quantitative estimate of drug-likeness (QED) is 0.390. The number of allylic oxidation sites excluding steroid dienone is 4. The van der Waals surface area contributed by atoms with E-state index in [2.05, 4.69) is 50.5 Å². The van der Waals surface area contributed by atoms with E-state index in [1.807, 2.05) is 13.8 Å². The first-order valence-electron chi connectivity index (χ1n) is 12.6. The van der Waals surface area contributed by atoms with E-state index in [-0.39, 0.29) is 11.5 Å². The van der Waals surface area contributed by atoms with Crippen LogP contribution in [-0.2, 0) is 4.74 Å². The zero-order valence-corrected chi connectivity index (χ0v) is 20.9. The molecule has 0 amide bonds. The molecule has 3 aliphatic carbocycles. The molecule has 5 atom stereocenters. The van der Waals surface area contributed by atoms with Crippen LogP contribution in [0.4, 0.5) is 0 Å². The van der Waals surface area contributed by atoms with Crippen molar-refractivity contribution in [2.45, 2.75) is 103 Å². The van der Waals surface area contributed by atoms with Crippen LogP contribution in [0.1, 0.15) is 79.1 Å². The highest BCUT2D eigenvalue weighted by molar-refractivity contribution is 5.40. The van der Waals surface area contributed by atoms with Crippen molar-refractivity contribution < 1.29 is 20.1 Å². The molecule has 0 aromatic rings. The average molecular weight is 455 g/mol. The van der Waals surface area contributed by atoms with Crippen molar-refractivity contribution in [1.29, 1.82) is 0 Å². The summed E-state index contributed by atoms with van der Waals surface area (Å²) in [6.45, 7) is 12.7. The van der Waals surface area contributed by atoms with E-state index < -0.39 is 17.8 Å². The highest BCUT2D eigenvalue weighted by atomic mass is 16.5. The highest BCUT2D eigenvalue weighted by Crippen LogP contribution is 2.55. The molecule has 3 aliphatic rings. The Kier molecular flexibility index (Phi) is 8.45. The van der Waals surface area contributed by atoms with E-state index in [9.17, 15) is 15.3 Å². The third-order valence-corrected chi connectivity index (χ3v) is 8.21. The average Bonchev–Trinajstić information content (AvgIpc) is 3.15. The maximum Gasteiger partial charge on any atom is 0.125 e. The second kappa shape index (κ2) is 10.7. The molecule has 182 valence electrons. The standard InChI is InChI=1S/C29H42O4/c1-6-29(32,7-2)16-9-17-33-21(4)25-13-14-26-22(10-8-15-28(25,26)5)11-12-23-18-24(30)19-27(31)20(23)3/h11-13,21,24,26-27,30-32H,3,6-8,10,14-15,17-19H2,1-2,4-5H3/b22-11+,23-12-/t21-,24-,26?,27+,28-/m1/s1. The van der Waals surface area contributed by atoms with Crippen LogP contribution in [0.3, 0.4) is 0 Å². The van der Waals surface area contributed by atoms with Gasteiger partial charge in [0.1, 0.15) is 12.2 Å². The molecule has 0 radical (unpaired) electrons. The van der Waals surface area contributed by atoms with Gasteiger partial charge in [0, 0.05) is 6.42 Å². The lowest BCUT2D eigenvalue weighted by molar-refractivity contribution is 0.0841. The summed E-state index contributed by atoms with van der Waals surface area (Å²) in [5.74, 6) is 6.45. The van der Waals surface area contributed by atoms with Gasteiger partial charge in [-0.05, 0) is 79.9 Å². The molecule has 3 rings (SSSR count). The van der Waals surface area contributed by atoms with E-state index in [4.69, 9.17) is 4.74 Å². The Labute approximate surface area is 200 Å². The van der Waals surface area contributed by atoms with Crippen molar-refractivity contribution in [3.63, 3.8) is 0 Å². The van der Waals surface area contributed by atoms with Crippen LogP contribution < -0.4 is 0 Å². The minimum Gasteiger partial charge on any atom is -0.393 e. The Morgan fingerprint density at radius 3 is 2.73 bits per heavy atom. The van der Waals surface area contributed by atoms with Crippen molar-refractivity contribution in [3.8, 4) is 11.8 Å². The van der Waals surface area contributed by atoms with Gasteiger partial charge in [0.15, 0.2) is 0 Å². The predicted molar refractivity (Wildman–Crippen MR) is 133 cm³/mol. The van der Waals surface area contributed by atoms with Gasteiger partial charge in [-0.15, -0.1) is 0 Å². The third kappa shape index (κ3) is 5.72. The van der Waals surface area contributed by atoms with Crippen molar-refractivity contribution in [1.82, 2.24) is 0 Å². The second-order valence-corrected chi connectivity index (χ2v) is 10.3. The van der Waals surface area contributed by atoms with Crippen molar-refractivity contribution in [2.24, 2.45) is 11.3 Å². The largest absolute Gasteiger partial charge is 0.393 e. The molecule has 2 fully saturated rings. The molecule has 33 heavy (non-hydrogen) atoms. The molecule has 4 heteroatoms. The molecule has 0 heterocycles. The van der Waals surface area contributed by atoms with Gasteiger partial charge < -0.3 is 20.1 Å². The first-order chi connectivity index (χ1) is 15.6. The van der Waals surface area contributed by atoms with Gasteiger partial charge in [-0.25, -0.2) is 0 Å². The Balaban J connectivity index is 1.69. The van der Waals surface area contributed by atoms with Crippen molar-refractivity contribution in [2.75, 3.05) is 6.61 Å². The Morgan fingerprint density at radius 1 is 1.30 bits per heavy atom. The fraction of sp³-hybridized carbons (Fsp3) is 0.655. The summed E-state index contributed by atoms with van der Waals surface area (Å²) in [7, 11) is 0. The first kappa shape index (κ1) is 26.0. The van der Waals surface area contributed by atoms with Gasteiger partial charge in [0.2, 0.25) is 0 Å². The van der Waals surface area contributed by atoms with Gasteiger partial charge in [0.25, 0.3) is 0 Å². The molecule has 2 saturated carbocycles. The molecule has 0 spiro atoms. The summed E-state index contributed by atoms with van der Waals surface area (Å²) >= 11 is 0. The molecule has 0 aromatic heterocycles. The minimum atomic E-state index is -0.913.